The zero-order chi connectivity index (χ0) is 26.2. The number of rotatable bonds is 10. The van der Waals surface area contributed by atoms with Gasteiger partial charge in [0.05, 0.1) is 6.42 Å². The molecule has 0 aromatic heterocycles. The van der Waals surface area contributed by atoms with E-state index in [1.54, 1.807) is 17.0 Å². The highest BCUT2D eigenvalue weighted by atomic mass is 35.5. The Hall–Kier alpha value is -2.82. The molecule has 0 radical (unpaired) electrons. The van der Waals surface area contributed by atoms with Crippen LogP contribution in [0.4, 0.5) is 0 Å². The smallest absolute Gasteiger partial charge is 0.243 e. The van der Waals surface area contributed by atoms with Gasteiger partial charge in [0.2, 0.25) is 11.8 Å². The molecule has 0 heterocycles. The molecular formula is C30H34Cl2N2O2. The Balaban J connectivity index is 2.00. The first-order chi connectivity index (χ1) is 17.1. The Bertz CT molecular complexity index is 1170. The summed E-state index contributed by atoms with van der Waals surface area (Å²) in [7, 11) is 0. The summed E-state index contributed by atoms with van der Waals surface area (Å²) >= 11 is 12.6. The third-order valence-corrected chi connectivity index (χ3v) is 6.54. The van der Waals surface area contributed by atoms with Gasteiger partial charge in [0.1, 0.15) is 6.04 Å². The van der Waals surface area contributed by atoms with Crippen LogP contribution in [0.2, 0.25) is 10.0 Å². The number of carbonyl (C=O) groups is 2. The van der Waals surface area contributed by atoms with E-state index in [1.165, 1.54) is 0 Å². The van der Waals surface area contributed by atoms with Crippen LogP contribution in [0.1, 0.15) is 41.7 Å². The number of aryl methyl sites for hydroxylation is 2. The highest BCUT2D eigenvalue weighted by Gasteiger charge is 2.31. The molecule has 0 fully saturated rings. The fourth-order valence-corrected chi connectivity index (χ4v) is 4.73. The summed E-state index contributed by atoms with van der Waals surface area (Å²) in [6.07, 6.45) is 0.588. The molecule has 0 aliphatic carbocycles. The minimum Gasteiger partial charge on any atom is -0.354 e. The van der Waals surface area contributed by atoms with Gasteiger partial charge in [-0.3, -0.25) is 9.59 Å². The van der Waals surface area contributed by atoms with E-state index in [1.807, 2.05) is 76.2 Å². The molecule has 1 atom stereocenters. The van der Waals surface area contributed by atoms with Crippen molar-refractivity contribution >= 4 is 35.0 Å². The molecule has 0 spiro atoms. The second-order valence-electron chi connectivity index (χ2n) is 9.77. The van der Waals surface area contributed by atoms with Crippen LogP contribution in [0.3, 0.4) is 0 Å². The number of benzene rings is 3. The number of hydrogen-bond acceptors (Lipinski definition) is 2. The maximum Gasteiger partial charge on any atom is 0.243 e. The van der Waals surface area contributed by atoms with Crippen molar-refractivity contribution in [1.82, 2.24) is 10.2 Å². The van der Waals surface area contributed by atoms with Gasteiger partial charge < -0.3 is 10.2 Å². The average molecular weight is 526 g/mol. The van der Waals surface area contributed by atoms with E-state index in [4.69, 9.17) is 23.2 Å². The Kier molecular flexibility index (Phi) is 9.98. The van der Waals surface area contributed by atoms with Gasteiger partial charge >= 0.3 is 0 Å². The predicted octanol–water partition coefficient (Wildman–Crippen LogP) is 6.57. The summed E-state index contributed by atoms with van der Waals surface area (Å²) in [6, 6.07) is 20.4. The lowest BCUT2D eigenvalue weighted by Gasteiger charge is -2.32. The monoisotopic (exact) mass is 524 g/mol. The van der Waals surface area contributed by atoms with Crippen molar-refractivity contribution in [3.05, 3.63) is 105 Å². The Morgan fingerprint density at radius 2 is 1.56 bits per heavy atom. The Labute approximate surface area is 224 Å². The first-order valence-electron chi connectivity index (χ1n) is 12.2. The summed E-state index contributed by atoms with van der Waals surface area (Å²) in [4.78, 5) is 29.1. The van der Waals surface area contributed by atoms with E-state index >= 15 is 0 Å². The maximum absolute atomic E-state index is 13.9. The second kappa shape index (κ2) is 12.9. The molecule has 190 valence electrons. The van der Waals surface area contributed by atoms with E-state index in [2.05, 4.69) is 11.4 Å². The first-order valence-corrected chi connectivity index (χ1v) is 13.0. The van der Waals surface area contributed by atoms with Crippen LogP contribution < -0.4 is 5.32 Å². The molecule has 1 N–H and O–H groups in total. The lowest BCUT2D eigenvalue weighted by atomic mass is 10.00. The van der Waals surface area contributed by atoms with Gasteiger partial charge in [-0.25, -0.2) is 0 Å². The normalized spacial score (nSPS) is 11.9. The molecule has 0 aliphatic heterocycles. The highest BCUT2D eigenvalue weighted by molar-refractivity contribution is 6.35. The minimum atomic E-state index is -0.698. The summed E-state index contributed by atoms with van der Waals surface area (Å²) in [5.41, 5.74) is 4.84. The van der Waals surface area contributed by atoms with Crippen LogP contribution >= 0.6 is 23.2 Å². The van der Waals surface area contributed by atoms with Crippen molar-refractivity contribution < 1.29 is 9.59 Å². The molecule has 3 aromatic rings. The molecule has 0 unspecified atom stereocenters. The Morgan fingerprint density at radius 1 is 0.889 bits per heavy atom. The fourth-order valence-electron chi connectivity index (χ4n) is 4.26. The van der Waals surface area contributed by atoms with Gasteiger partial charge in [-0.05, 0) is 48.6 Å². The number of amides is 2. The van der Waals surface area contributed by atoms with E-state index in [9.17, 15) is 9.59 Å². The van der Waals surface area contributed by atoms with Crippen LogP contribution in [0, 0.1) is 19.8 Å². The third-order valence-electron chi connectivity index (χ3n) is 5.95. The number of nitrogens with zero attached hydrogens (tertiary/aromatic N) is 1. The topological polar surface area (TPSA) is 49.4 Å². The van der Waals surface area contributed by atoms with Crippen LogP contribution in [-0.4, -0.2) is 29.3 Å². The highest BCUT2D eigenvalue weighted by Crippen LogP contribution is 2.25. The fraction of sp³-hybridized carbons (Fsp3) is 0.333. The second-order valence-corrected chi connectivity index (χ2v) is 10.6. The summed E-state index contributed by atoms with van der Waals surface area (Å²) in [6.45, 7) is 8.86. The minimum absolute atomic E-state index is 0.133. The SMILES string of the molecule is Cc1cc(C)cc(CC(=O)N(Cc2ccc(Cl)cc2Cl)[C@H](Cc2ccccc2)C(=O)NCC(C)C)c1. The van der Waals surface area contributed by atoms with Gasteiger partial charge in [-0.2, -0.15) is 0 Å². The number of halogens is 2. The van der Waals surface area contributed by atoms with Crippen molar-refractivity contribution in [3.63, 3.8) is 0 Å². The van der Waals surface area contributed by atoms with Crippen molar-refractivity contribution in [2.24, 2.45) is 5.92 Å². The maximum atomic E-state index is 13.9. The molecule has 4 nitrogen and oxygen atoms in total. The van der Waals surface area contributed by atoms with Crippen LogP contribution in [-0.2, 0) is 29.0 Å². The number of carbonyl (C=O) groups excluding carboxylic acids is 2. The zero-order valence-corrected chi connectivity index (χ0v) is 22.9. The molecule has 0 bridgehead atoms. The molecule has 0 aliphatic rings. The summed E-state index contributed by atoms with van der Waals surface area (Å²) in [5.74, 6) is -0.0190. The van der Waals surface area contributed by atoms with E-state index in [0.717, 1.165) is 27.8 Å². The van der Waals surface area contributed by atoms with Gasteiger partial charge in [0, 0.05) is 29.6 Å². The van der Waals surface area contributed by atoms with Crippen molar-refractivity contribution in [2.45, 2.75) is 53.1 Å². The van der Waals surface area contributed by atoms with E-state index in [-0.39, 0.29) is 30.7 Å². The van der Waals surface area contributed by atoms with Gasteiger partial charge in [-0.15, -0.1) is 0 Å². The van der Waals surface area contributed by atoms with Crippen molar-refractivity contribution in [1.29, 1.82) is 0 Å². The van der Waals surface area contributed by atoms with Crippen molar-refractivity contribution in [3.8, 4) is 0 Å². The van der Waals surface area contributed by atoms with E-state index in [0.29, 0.717) is 23.0 Å². The average Bonchev–Trinajstić information content (AvgIpc) is 2.81. The molecule has 36 heavy (non-hydrogen) atoms. The molecule has 0 saturated carbocycles. The molecule has 6 heteroatoms. The summed E-state index contributed by atoms with van der Waals surface area (Å²) in [5, 5.41) is 4.03. The predicted molar refractivity (Wildman–Crippen MR) is 148 cm³/mol. The van der Waals surface area contributed by atoms with Gasteiger partial charge in [0.15, 0.2) is 0 Å². The quantitative estimate of drug-likeness (QED) is 0.326. The van der Waals surface area contributed by atoms with E-state index < -0.39 is 6.04 Å². The van der Waals surface area contributed by atoms with Crippen LogP contribution in [0.15, 0.2) is 66.7 Å². The largest absolute Gasteiger partial charge is 0.354 e. The van der Waals surface area contributed by atoms with Crippen LogP contribution in [0.25, 0.3) is 0 Å². The van der Waals surface area contributed by atoms with Gasteiger partial charge in [0.25, 0.3) is 0 Å². The van der Waals surface area contributed by atoms with Gasteiger partial charge in [-0.1, -0.05) is 103 Å². The van der Waals surface area contributed by atoms with Crippen LogP contribution in [0.5, 0.6) is 0 Å². The molecule has 3 aromatic carbocycles. The standard InChI is InChI=1S/C30H34Cl2N2O2/c1-20(2)18-33-30(36)28(15-23-8-6-5-7-9-23)34(19-25-10-11-26(31)17-27(25)32)29(35)16-24-13-21(3)12-22(4)14-24/h5-14,17,20,28H,15-16,18-19H2,1-4H3,(H,33,36)/t28-/m1/s1. The Morgan fingerprint density at radius 3 is 2.17 bits per heavy atom. The molecule has 2 amide bonds. The molecule has 0 saturated heterocycles. The third kappa shape index (κ3) is 8.11. The lowest BCUT2D eigenvalue weighted by Crippen LogP contribution is -2.51. The molecule has 3 rings (SSSR count). The number of nitrogens with one attached hydrogen (secondary N) is 1. The first kappa shape index (κ1) is 27.8. The summed E-state index contributed by atoms with van der Waals surface area (Å²) < 4.78 is 0. The number of hydrogen-bond donors (Lipinski definition) is 1. The van der Waals surface area contributed by atoms with Crippen molar-refractivity contribution in [2.75, 3.05) is 6.54 Å². The lowest BCUT2D eigenvalue weighted by molar-refractivity contribution is -0.140. The molecular weight excluding hydrogens is 491 g/mol. The zero-order valence-electron chi connectivity index (χ0n) is 21.4.